The van der Waals surface area contributed by atoms with Crippen LogP contribution in [0.2, 0.25) is 0 Å². The van der Waals surface area contributed by atoms with Gasteiger partial charge in [-0.05, 0) is 34.6 Å². The number of hydrogen-bond acceptors (Lipinski definition) is 6. The summed E-state index contributed by atoms with van der Waals surface area (Å²) in [5.41, 5.74) is 0.0746. The fourth-order valence-corrected chi connectivity index (χ4v) is 3.14. The van der Waals surface area contributed by atoms with E-state index < -0.39 is 5.41 Å². The molecule has 0 radical (unpaired) electrons. The fourth-order valence-electron chi connectivity index (χ4n) is 2.17. The van der Waals surface area contributed by atoms with Gasteiger partial charge in [0.15, 0.2) is 5.96 Å². The number of rotatable bonds is 7. The SMILES string of the molecule is CCOC(=O)c1sc(C(C)NC(=NC)NCC(C)(C)C(=O)NC)nc1C.I. The number of nitrogens with zero attached hydrogens (tertiary/aromatic N) is 2. The van der Waals surface area contributed by atoms with Crippen LogP contribution in [0, 0.1) is 12.3 Å². The molecule has 0 fully saturated rings. The van der Waals surface area contributed by atoms with Crippen molar-refractivity contribution < 1.29 is 14.3 Å². The third-order valence-corrected chi connectivity index (χ3v) is 5.08. The topological polar surface area (TPSA) is 105 Å². The number of esters is 1. The van der Waals surface area contributed by atoms with E-state index >= 15 is 0 Å². The van der Waals surface area contributed by atoms with E-state index in [-0.39, 0.29) is 41.9 Å². The molecule has 0 saturated carbocycles. The predicted molar refractivity (Wildman–Crippen MR) is 119 cm³/mol. The van der Waals surface area contributed by atoms with Crippen LogP contribution in [0.15, 0.2) is 4.99 Å². The van der Waals surface area contributed by atoms with Gasteiger partial charge in [-0.25, -0.2) is 9.78 Å². The summed E-state index contributed by atoms with van der Waals surface area (Å²) in [5.74, 6) is 0.152. The van der Waals surface area contributed by atoms with Crippen molar-refractivity contribution in [2.75, 3.05) is 27.2 Å². The molecule has 1 aromatic heterocycles. The summed E-state index contributed by atoms with van der Waals surface area (Å²) in [7, 11) is 3.28. The largest absolute Gasteiger partial charge is 0.462 e. The fraction of sp³-hybridized carbons (Fsp3) is 0.647. The van der Waals surface area contributed by atoms with Gasteiger partial charge in [-0.15, -0.1) is 35.3 Å². The zero-order valence-electron chi connectivity index (χ0n) is 16.9. The van der Waals surface area contributed by atoms with Crippen LogP contribution in [-0.4, -0.2) is 50.1 Å². The van der Waals surface area contributed by atoms with E-state index in [0.717, 1.165) is 5.01 Å². The van der Waals surface area contributed by atoms with Crippen LogP contribution in [0.1, 0.15) is 54.1 Å². The summed E-state index contributed by atoms with van der Waals surface area (Å²) < 4.78 is 5.05. The Balaban J connectivity index is 0.00000676. The highest BCUT2D eigenvalue weighted by Gasteiger charge is 2.27. The summed E-state index contributed by atoms with van der Waals surface area (Å²) in [6.45, 7) is 9.95. The Morgan fingerprint density at radius 2 is 2.00 bits per heavy atom. The van der Waals surface area contributed by atoms with Gasteiger partial charge >= 0.3 is 5.97 Å². The molecule has 0 aliphatic rings. The molecule has 0 bridgehead atoms. The maximum absolute atomic E-state index is 11.9. The van der Waals surface area contributed by atoms with Crippen LogP contribution in [-0.2, 0) is 9.53 Å². The quantitative estimate of drug-likeness (QED) is 0.225. The van der Waals surface area contributed by atoms with E-state index in [9.17, 15) is 9.59 Å². The van der Waals surface area contributed by atoms with Crippen LogP contribution in [0.5, 0.6) is 0 Å². The molecule has 0 aliphatic carbocycles. The lowest BCUT2D eigenvalue weighted by Gasteiger charge is -2.25. The molecule has 1 amide bonds. The first kappa shape index (κ1) is 25.6. The molecule has 154 valence electrons. The van der Waals surface area contributed by atoms with Crippen molar-refractivity contribution in [3.05, 3.63) is 15.6 Å². The highest BCUT2D eigenvalue weighted by atomic mass is 127. The molecule has 10 heteroatoms. The third kappa shape index (κ3) is 7.24. The molecule has 1 unspecified atom stereocenters. The van der Waals surface area contributed by atoms with Crippen molar-refractivity contribution in [3.63, 3.8) is 0 Å². The van der Waals surface area contributed by atoms with Crippen molar-refractivity contribution in [2.24, 2.45) is 10.4 Å². The minimum Gasteiger partial charge on any atom is -0.462 e. The van der Waals surface area contributed by atoms with Crippen molar-refractivity contribution in [3.8, 4) is 0 Å². The molecule has 0 aliphatic heterocycles. The summed E-state index contributed by atoms with van der Waals surface area (Å²) in [4.78, 5) is 33.0. The molecule has 1 heterocycles. The number of carbonyl (C=O) groups excluding carboxylic acids is 2. The zero-order chi connectivity index (χ0) is 19.9. The zero-order valence-corrected chi connectivity index (χ0v) is 20.1. The molecule has 0 aromatic carbocycles. The van der Waals surface area contributed by atoms with E-state index in [2.05, 4.69) is 25.9 Å². The summed E-state index contributed by atoms with van der Waals surface area (Å²) in [6.07, 6.45) is 0. The lowest BCUT2D eigenvalue weighted by molar-refractivity contribution is -0.128. The third-order valence-electron chi connectivity index (χ3n) is 3.76. The number of guanidine groups is 1. The average Bonchev–Trinajstić information content (AvgIpc) is 2.99. The molecule has 3 N–H and O–H groups in total. The number of carbonyl (C=O) groups is 2. The molecule has 1 atom stereocenters. The van der Waals surface area contributed by atoms with Crippen LogP contribution < -0.4 is 16.0 Å². The van der Waals surface area contributed by atoms with E-state index in [1.54, 1.807) is 27.9 Å². The van der Waals surface area contributed by atoms with Crippen LogP contribution in [0.4, 0.5) is 0 Å². The van der Waals surface area contributed by atoms with Gasteiger partial charge in [0.25, 0.3) is 0 Å². The molecule has 1 rings (SSSR count). The van der Waals surface area contributed by atoms with Gasteiger partial charge in [0.2, 0.25) is 5.91 Å². The number of ether oxygens (including phenoxy) is 1. The number of thiazole rings is 1. The Kier molecular flexibility index (Phi) is 10.8. The van der Waals surface area contributed by atoms with Crippen molar-refractivity contribution >= 4 is 53.1 Å². The first-order chi connectivity index (χ1) is 12.2. The number of hydrogen-bond donors (Lipinski definition) is 3. The number of nitrogens with one attached hydrogen (secondary N) is 3. The number of halogens is 1. The Labute approximate surface area is 182 Å². The van der Waals surface area contributed by atoms with Crippen molar-refractivity contribution in [1.82, 2.24) is 20.9 Å². The number of aliphatic imine (C=N–C) groups is 1. The van der Waals surface area contributed by atoms with Crippen molar-refractivity contribution in [2.45, 2.75) is 40.7 Å². The standard InChI is InChI=1S/C17H29N5O3S.HI/c1-8-25-14(23)12-10(2)21-13(26-12)11(3)22-16(19-7)20-9-17(4,5)15(24)18-6;/h11H,8-9H2,1-7H3,(H,18,24)(H2,19,20,22);1H. The number of amides is 1. The van der Waals surface area contributed by atoms with Crippen LogP contribution in [0.25, 0.3) is 0 Å². The first-order valence-corrected chi connectivity index (χ1v) is 9.31. The lowest BCUT2D eigenvalue weighted by atomic mass is 9.92. The Morgan fingerprint density at radius 1 is 1.37 bits per heavy atom. The van der Waals surface area contributed by atoms with Gasteiger partial charge < -0.3 is 20.7 Å². The van der Waals surface area contributed by atoms with Gasteiger partial charge in [0.05, 0.1) is 23.8 Å². The molecule has 0 spiro atoms. The number of aromatic nitrogens is 1. The lowest BCUT2D eigenvalue weighted by Crippen LogP contribution is -2.47. The average molecular weight is 511 g/mol. The predicted octanol–water partition coefficient (Wildman–Crippen LogP) is 2.24. The summed E-state index contributed by atoms with van der Waals surface area (Å²) in [5, 5.41) is 9.80. The maximum Gasteiger partial charge on any atom is 0.350 e. The van der Waals surface area contributed by atoms with Gasteiger partial charge in [-0.2, -0.15) is 0 Å². The van der Waals surface area contributed by atoms with Crippen LogP contribution >= 0.6 is 35.3 Å². The smallest absolute Gasteiger partial charge is 0.350 e. The summed E-state index contributed by atoms with van der Waals surface area (Å²) >= 11 is 1.31. The number of aryl methyl sites for hydroxylation is 1. The van der Waals surface area contributed by atoms with Gasteiger partial charge in [-0.3, -0.25) is 9.79 Å². The van der Waals surface area contributed by atoms with Gasteiger partial charge in [-0.1, -0.05) is 0 Å². The second-order valence-corrected chi connectivity index (χ2v) is 7.47. The minimum absolute atomic E-state index is 0. The first-order valence-electron chi connectivity index (χ1n) is 8.50. The highest BCUT2D eigenvalue weighted by Crippen LogP contribution is 2.24. The Morgan fingerprint density at radius 3 is 2.52 bits per heavy atom. The molecule has 1 aromatic rings. The minimum atomic E-state index is -0.579. The van der Waals surface area contributed by atoms with Crippen LogP contribution in [0.3, 0.4) is 0 Å². The van der Waals surface area contributed by atoms with E-state index in [0.29, 0.717) is 29.7 Å². The maximum atomic E-state index is 11.9. The second-order valence-electron chi connectivity index (χ2n) is 6.44. The monoisotopic (exact) mass is 511 g/mol. The van der Waals surface area contributed by atoms with Gasteiger partial charge in [0.1, 0.15) is 9.88 Å². The van der Waals surface area contributed by atoms with Gasteiger partial charge in [0, 0.05) is 20.6 Å². The van der Waals surface area contributed by atoms with E-state index in [4.69, 9.17) is 4.74 Å². The molecular weight excluding hydrogens is 481 g/mol. The highest BCUT2D eigenvalue weighted by molar-refractivity contribution is 14.0. The van der Waals surface area contributed by atoms with E-state index in [1.807, 2.05) is 20.8 Å². The van der Waals surface area contributed by atoms with E-state index in [1.165, 1.54) is 11.3 Å². The molecule has 0 saturated heterocycles. The normalized spacial score (nSPS) is 12.6. The summed E-state index contributed by atoms with van der Waals surface area (Å²) in [6, 6.07) is -0.156. The molecule has 8 nitrogen and oxygen atoms in total. The Bertz CT molecular complexity index is 676. The second kappa shape index (κ2) is 11.4. The molecular formula is C17H30IN5O3S. The van der Waals surface area contributed by atoms with Crippen molar-refractivity contribution in [1.29, 1.82) is 0 Å². The molecule has 27 heavy (non-hydrogen) atoms. The Hall–Kier alpha value is -1.43.